The Bertz CT molecular complexity index is 534. The van der Waals surface area contributed by atoms with Gasteiger partial charge in [0, 0.05) is 5.33 Å². The summed E-state index contributed by atoms with van der Waals surface area (Å²) in [7, 11) is 1.40. The molecule has 0 heterocycles. The number of hydrogen-bond donors (Lipinski definition) is 0. The van der Waals surface area contributed by atoms with Crippen LogP contribution >= 0.6 is 15.9 Å². The quantitative estimate of drug-likeness (QED) is 0.621. The van der Waals surface area contributed by atoms with E-state index in [9.17, 15) is 4.79 Å². The van der Waals surface area contributed by atoms with E-state index in [1.165, 1.54) is 12.7 Å². The molecule has 0 bridgehead atoms. The monoisotopic (exact) mass is 278 g/mol. The Morgan fingerprint density at radius 2 is 1.88 bits per heavy atom. The van der Waals surface area contributed by atoms with Crippen molar-refractivity contribution in [2.45, 2.75) is 5.33 Å². The molecule has 0 saturated carbocycles. The molecule has 2 rings (SSSR count). The van der Waals surface area contributed by atoms with Crippen molar-refractivity contribution >= 4 is 32.7 Å². The van der Waals surface area contributed by atoms with E-state index in [4.69, 9.17) is 4.74 Å². The highest BCUT2D eigenvalue weighted by Gasteiger charge is 2.10. The van der Waals surface area contributed by atoms with Crippen LogP contribution in [0.25, 0.3) is 10.8 Å². The van der Waals surface area contributed by atoms with Gasteiger partial charge in [0.25, 0.3) is 0 Å². The van der Waals surface area contributed by atoms with Gasteiger partial charge in [-0.25, -0.2) is 4.79 Å². The number of rotatable bonds is 2. The zero-order chi connectivity index (χ0) is 11.5. The van der Waals surface area contributed by atoms with Gasteiger partial charge in [0.05, 0.1) is 12.7 Å². The number of carbonyl (C=O) groups excluding carboxylic acids is 1. The molecule has 0 fully saturated rings. The lowest BCUT2D eigenvalue weighted by molar-refractivity contribution is 0.0603. The van der Waals surface area contributed by atoms with E-state index < -0.39 is 0 Å². The maximum absolute atomic E-state index is 11.6. The molecule has 0 aliphatic carbocycles. The van der Waals surface area contributed by atoms with Gasteiger partial charge >= 0.3 is 5.97 Å². The van der Waals surface area contributed by atoms with E-state index in [2.05, 4.69) is 15.9 Å². The third kappa shape index (κ3) is 1.83. The van der Waals surface area contributed by atoms with Gasteiger partial charge in [-0.1, -0.05) is 46.3 Å². The average molecular weight is 279 g/mol. The van der Waals surface area contributed by atoms with Crippen LogP contribution in [-0.2, 0) is 10.1 Å². The fourth-order valence-corrected chi connectivity index (χ4v) is 2.27. The van der Waals surface area contributed by atoms with Gasteiger partial charge in [0.15, 0.2) is 0 Å². The second-order valence-electron chi connectivity index (χ2n) is 3.44. The largest absolute Gasteiger partial charge is 0.465 e. The SMILES string of the molecule is COC(=O)c1cccc2c(CBr)cccc12. The summed E-state index contributed by atoms with van der Waals surface area (Å²) in [4.78, 5) is 11.6. The highest BCUT2D eigenvalue weighted by molar-refractivity contribution is 9.08. The molecule has 0 aromatic heterocycles. The third-order valence-electron chi connectivity index (χ3n) is 2.56. The van der Waals surface area contributed by atoms with Gasteiger partial charge in [-0.2, -0.15) is 0 Å². The van der Waals surface area contributed by atoms with Crippen molar-refractivity contribution in [1.82, 2.24) is 0 Å². The number of ether oxygens (including phenoxy) is 1. The summed E-state index contributed by atoms with van der Waals surface area (Å²) < 4.78 is 4.77. The molecule has 0 aliphatic heterocycles. The van der Waals surface area contributed by atoms with Gasteiger partial charge in [0.1, 0.15) is 0 Å². The van der Waals surface area contributed by atoms with Gasteiger partial charge in [0.2, 0.25) is 0 Å². The molecular weight excluding hydrogens is 268 g/mol. The second kappa shape index (κ2) is 4.66. The molecule has 0 radical (unpaired) electrons. The lowest BCUT2D eigenvalue weighted by Crippen LogP contribution is -2.02. The van der Waals surface area contributed by atoms with E-state index >= 15 is 0 Å². The molecule has 3 heteroatoms. The Morgan fingerprint density at radius 1 is 1.19 bits per heavy atom. The lowest BCUT2D eigenvalue weighted by Gasteiger charge is -2.07. The van der Waals surface area contributed by atoms with Gasteiger partial charge in [-0.15, -0.1) is 0 Å². The Labute approximate surface area is 102 Å². The fraction of sp³-hybridized carbons (Fsp3) is 0.154. The number of methoxy groups -OCH3 is 1. The second-order valence-corrected chi connectivity index (χ2v) is 4.00. The van der Waals surface area contributed by atoms with Crippen LogP contribution < -0.4 is 0 Å². The molecule has 0 spiro atoms. The van der Waals surface area contributed by atoms with Crippen LogP contribution in [0.5, 0.6) is 0 Å². The van der Waals surface area contributed by atoms with E-state index in [1.807, 2.05) is 30.3 Å². The number of hydrogen-bond acceptors (Lipinski definition) is 2. The molecule has 0 saturated heterocycles. The molecule has 2 nitrogen and oxygen atoms in total. The summed E-state index contributed by atoms with van der Waals surface area (Å²) in [6.45, 7) is 0. The fourth-order valence-electron chi connectivity index (χ4n) is 1.78. The molecule has 0 atom stereocenters. The first-order chi connectivity index (χ1) is 7.77. The van der Waals surface area contributed by atoms with Crippen molar-refractivity contribution < 1.29 is 9.53 Å². The first-order valence-electron chi connectivity index (χ1n) is 4.93. The molecule has 0 amide bonds. The first kappa shape index (κ1) is 11.1. The summed E-state index contributed by atoms with van der Waals surface area (Å²) in [6.07, 6.45) is 0. The molecule has 0 N–H and O–H groups in total. The van der Waals surface area contributed by atoms with Crippen LogP contribution in [0.4, 0.5) is 0 Å². The smallest absolute Gasteiger partial charge is 0.338 e. The minimum absolute atomic E-state index is 0.294. The number of carbonyl (C=O) groups is 1. The maximum Gasteiger partial charge on any atom is 0.338 e. The normalized spacial score (nSPS) is 10.4. The summed E-state index contributed by atoms with van der Waals surface area (Å²) in [5.74, 6) is -0.294. The average Bonchev–Trinajstić information content (AvgIpc) is 2.36. The van der Waals surface area contributed by atoms with Gasteiger partial charge < -0.3 is 4.74 Å². The molecule has 82 valence electrons. The van der Waals surface area contributed by atoms with Crippen LogP contribution in [0.1, 0.15) is 15.9 Å². The number of alkyl halides is 1. The lowest BCUT2D eigenvalue weighted by atomic mass is 10.0. The summed E-state index contributed by atoms with van der Waals surface area (Å²) in [5, 5.41) is 2.79. The van der Waals surface area contributed by atoms with E-state index in [0.29, 0.717) is 5.56 Å². The Hall–Kier alpha value is -1.35. The van der Waals surface area contributed by atoms with Crippen molar-refractivity contribution in [1.29, 1.82) is 0 Å². The number of esters is 1. The number of halogens is 1. The summed E-state index contributed by atoms with van der Waals surface area (Å²) >= 11 is 3.44. The minimum atomic E-state index is -0.294. The number of benzene rings is 2. The van der Waals surface area contributed by atoms with Crippen molar-refractivity contribution in [3.63, 3.8) is 0 Å². The van der Waals surface area contributed by atoms with Crippen LogP contribution in [0.15, 0.2) is 36.4 Å². The standard InChI is InChI=1S/C13H11BrO2/c1-16-13(15)12-7-3-5-10-9(8-14)4-2-6-11(10)12/h2-7H,8H2,1H3. The van der Waals surface area contributed by atoms with Crippen molar-refractivity contribution in [3.8, 4) is 0 Å². The zero-order valence-corrected chi connectivity index (χ0v) is 10.5. The first-order valence-corrected chi connectivity index (χ1v) is 6.05. The maximum atomic E-state index is 11.6. The predicted molar refractivity (Wildman–Crippen MR) is 67.9 cm³/mol. The van der Waals surface area contributed by atoms with E-state index in [-0.39, 0.29) is 5.97 Å². The highest BCUT2D eigenvalue weighted by Crippen LogP contribution is 2.24. The molecule has 0 aliphatic rings. The van der Waals surface area contributed by atoms with Crippen molar-refractivity contribution in [2.75, 3.05) is 7.11 Å². The zero-order valence-electron chi connectivity index (χ0n) is 8.87. The Kier molecular flexibility index (Phi) is 3.25. The molecule has 16 heavy (non-hydrogen) atoms. The summed E-state index contributed by atoms with van der Waals surface area (Å²) in [5.41, 5.74) is 1.78. The topological polar surface area (TPSA) is 26.3 Å². The van der Waals surface area contributed by atoms with Gasteiger partial charge in [-0.05, 0) is 22.4 Å². The summed E-state index contributed by atoms with van der Waals surface area (Å²) in [6, 6.07) is 11.6. The van der Waals surface area contributed by atoms with Crippen LogP contribution in [0.3, 0.4) is 0 Å². The predicted octanol–water partition coefficient (Wildman–Crippen LogP) is 3.52. The van der Waals surface area contributed by atoms with Crippen LogP contribution in [-0.4, -0.2) is 13.1 Å². The molecule has 0 unspecified atom stereocenters. The molecular formula is C13H11BrO2. The highest BCUT2D eigenvalue weighted by atomic mass is 79.9. The van der Waals surface area contributed by atoms with E-state index in [1.54, 1.807) is 6.07 Å². The molecule has 2 aromatic carbocycles. The van der Waals surface area contributed by atoms with Crippen LogP contribution in [0.2, 0.25) is 0 Å². The Balaban J connectivity index is 2.73. The number of fused-ring (bicyclic) bond motifs is 1. The minimum Gasteiger partial charge on any atom is -0.465 e. The van der Waals surface area contributed by atoms with E-state index in [0.717, 1.165) is 16.1 Å². The molecule has 2 aromatic rings. The van der Waals surface area contributed by atoms with Crippen molar-refractivity contribution in [2.24, 2.45) is 0 Å². The van der Waals surface area contributed by atoms with Crippen molar-refractivity contribution in [3.05, 3.63) is 47.5 Å². The Morgan fingerprint density at radius 3 is 2.56 bits per heavy atom. The third-order valence-corrected chi connectivity index (χ3v) is 3.17. The van der Waals surface area contributed by atoms with Gasteiger partial charge in [-0.3, -0.25) is 0 Å². The van der Waals surface area contributed by atoms with Crippen LogP contribution in [0, 0.1) is 0 Å².